The molecule has 2 aliphatic rings. The number of anilines is 2. The number of hydrogen-bond acceptors (Lipinski definition) is 5. The quantitative estimate of drug-likeness (QED) is 0.721. The number of imide groups is 1. The Morgan fingerprint density at radius 2 is 1.79 bits per heavy atom. The molecule has 4 rings (SSSR count). The van der Waals surface area contributed by atoms with Crippen LogP contribution in [0.3, 0.4) is 0 Å². The number of nitrogens with zero attached hydrogens (tertiary/aromatic N) is 3. The third kappa shape index (κ3) is 3.82. The smallest absolute Gasteiger partial charge is 0.251 e. The third-order valence-corrected chi connectivity index (χ3v) is 5.94. The molecule has 2 aliphatic heterocycles. The predicted molar refractivity (Wildman–Crippen MR) is 114 cm³/mol. The molecule has 1 atom stereocenters. The molecule has 6 nitrogen and oxygen atoms in total. The largest absolute Gasteiger partial charge is 0.497 e. The van der Waals surface area contributed by atoms with E-state index in [0.717, 1.165) is 36.9 Å². The summed E-state index contributed by atoms with van der Waals surface area (Å²) in [6.45, 7) is 5.10. The maximum absolute atomic E-state index is 13.1. The lowest BCUT2D eigenvalue weighted by Crippen LogP contribution is -2.52. The molecular formula is C22H24ClN3O3. The Hall–Kier alpha value is -2.57. The number of ether oxygens (including phenoxy) is 1. The van der Waals surface area contributed by atoms with Gasteiger partial charge in [0.2, 0.25) is 5.91 Å². The summed E-state index contributed by atoms with van der Waals surface area (Å²) >= 11 is 6.17. The summed E-state index contributed by atoms with van der Waals surface area (Å²) in [6, 6.07) is 12.6. The maximum Gasteiger partial charge on any atom is 0.251 e. The van der Waals surface area contributed by atoms with Crippen molar-refractivity contribution in [2.24, 2.45) is 0 Å². The van der Waals surface area contributed by atoms with E-state index in [1.54, 1.807) is 31.4 Å². The van der Waals surface area contributed by atoms with Gasteiger partial charge in [-0.2, -0.15) is 0 Å². The van der Waals surface area contributed by atoms with E-state index in [0.29, 0.717) is 11.4 Å². The van der Waals surface area contributed by atoms with Gasteiger partial charge >= 0.3 is 0 Å². The lowest BCUT2D eigenvalue weighted by Gasteiger charge is -2.38. The van der Waals surface area contributed by atoms with Crippen molar-refractivity contribution in [1.29, 1.82) is 0 Å². The average Bonchev–Trinajstić information content (AvgIpc) is 3.04. The Morgan fingerprint density at radius 3 is 2.52 bits per heavy atom. The number of halogens is 1. The second-order valence-corrected chi connectivity index (χ2v) is 7.88. The minimum absolute atomic E-state index is 0.157. The van der Waals surface area contributed by atoms with Crippen LogP contribution in [0.5, 0.6) is 5.75 Å². The molecule has 2 aromatic rings. The summed E-state index contributed by atoms with van der Waals surface area (Å²) < 4.78 is 5.23. The van der Waals surface area contributed by atoms with E-state index < -0.39 is 6.04 Å². The molecule has 0 radical (unpaired) electrons. The second-order valence-electron chi connectivity index (χ2n) is 7.44. The molecule has 7 heteroatoms. The van der Waals surface area contributed by atoms with Crippen LogP contribution >= 0.6 is 11.6 Å². The van der Waals surface area contributed by atoms with Crippen LogP contribution in [0.2, 0.25) is 5.02 Å². The van der Waals surface area contributed by atoms with E-state index in [4.69, 9.17) is 16.3 Å². The van der Waals surface area contributed by atoms with Gasteiger partial charge in [-0.25, -0.2) is 4.90 Å². The fourth-order valence-corrected chi connectivity index (χ4v) is 4.29. The molecule has 0 unspecified atom stereocenters. The lowest BCUT2D eigenvalue weighted by molar-refractivity contribution is -0.123. The molecule has 0 bridgehead atoms. The lowest BCUT2D eigenvalue weighted by atomic mass is 10.1. The highest BCUT2D eigenvalue weighted by molar-refractivity contribution is 6.30. The average molecular weight is 414 g/mol. The number of carbonyl (C=O) groups excluding carboxylic acids is 2. The number of hydrogen-bond donors (Lipinski definition) is 0. The van der Waals surface area contributed by atoms with Gasteiger partial charge in [0.15, 0.2) is 0 Å². The molecular weight excluding hydrogens is 390 g/mol. The molecule has 29 heavy (non-hydrogen) atoms. The highest BCUT2D eigenvalue weighted by Gasteiger charge is 2.43. The number of benzene rings is 2. The van der Waals surface area contributed by atoms with E-state index in [1.807, 2.05) is 18.2 Å². The molecule has 0 aliphatic carbocycles. The number of carbonyl (C=O) groups is 2. The Morgan fingerprint density at radius 1 is 1.03 bits per heavy atom. The molecule has 0 spiro atoms. The van der Waals surface area contributed by atoms with Crippen molar-refractivity contribution < 1.29 is 14.3 Å². The molecule has 152 valence electrons. The zero-order chi connectivity index (χ0) is 20.5. The number of piperazine rings is 1. The van der Waals surface area contributed by atoms with E-state index in [-0.39, 0.29) is 18.2 Å². The Labute approximate surface area is 175 Å². The van der Waals surface area contributed by atoms with Crippen molar-refractivity contribution in [3.8, 4) is 5.75 Å². The monoisotopic (exact) mass is 413 g/mol. The van der Waals surface area contributed by atoms with Crippen LogP contribution < -0.4 is 14.5 Å². The predicted octanol–water partition coefficient (Wildman–Crippen LogP) is 3.11. The van der Waals surface area contributed by atoms with Crippen molar-refractivity contribution in [3.63, 3.8) is 0 Å². The van der Waals surface area contributed by atoms with E-state index >= 15 is 0 Å². The summed E-state index contributed by atoms with van der Waals surface area (Å²) in [5.74, 6) is 0.300. The van der Waals surface area contributed by atoms with Crippen LogP contribution in [0.15, 0.2) is 42.5 Å². The standard InChI is InChI=1S/C22H24ClN3O3/c1-15-6-7-16(23)12-19(15)24-8-10-25(11-9-24)20-14-21(27)26(22(20)28)17-4-3-5-18(13-17)29-2/h3-7,12-13,20H,8-11,14H2,1-2H3/t20-/m0/s1. The van der Waals surface area contributed by atoms with E-state index in [9.17, 15) is 9.59 Å². The molecule has 2 aromatic carbocycles. The first-order valence-corrected chi connectivity index (χ1v) is 10.1. The van der Waals surface area contributed by atoms with Crippen LogP contribution in [-0.4, -0.2) is 56.0 Å². The van der Waals surface area contributed by atoms with Gasteiger partial charge in [0.1, 0.15) is 5.75 Å². The molecule has 0 aromatic heterocycles. The molecule has 2 saturated heterocycles. The molecule has 0 N–H and O–H groups in total. The van der Waals surface area contributed by atoms with Crippen molar-refractivity contribution in [2.75, 3.05) is 43.1 Å². The Balaban J connectivity index is 1.46. The summed E-state index contributed by atoms with van der Waals surface area (Å²) in [5, 5.41) is 0.721. The first-order chi connectivity index (χ1) is 14.0. The Bertz CT molecular complexity index is 941. The third-order valence-electron chi connectivity index (χ3n) is 5.70. The summed E-state index contributed by atoms with van der Waals surface area (Å²) in [5.41, 5.74) is 2.87. The number of rotatable bonds is 4. The van der Waals surface area contributed by atoms with Gasteiger partial charge in [0.05, 0.1) is 25.3 Å². The summed E-state index contributed by atoms with van der Waals surface area (Å²) in [4.78, 5) is 31.4. The van der Waals surface area contributed by atoms with Gasteiger partial charge in [-0.15, -0.1) is 0 Å². The van der Waals surface area contributed by atoms with Crippen LogP contribution in [-0.2, 0) is 9.59 Å². The van der Waals surface area contributed by atoms with Gasteiger partial charge in [-0.3, -0.25) is 14.5 Å². The van der Waals surface area contributed by atoms with Crippen molar-refractivity contribution in [3.05, 3.63) is 53.1 Å². The van der Waals surface area contributed by atoms with Gasteiger partial charge in [-0.1, -0.05) is 23.7 Å². The minimum Gasteiger partial charge on any atom is -0.497 e. The van der Waals surface area contributed by atoms with Crippen LogP contribution in [0.25, 0.3) is 0 Å². The van der Waals surface area contributed by atoms with Crippen molar-refractivity contribution in [2.45, 2.75) is 19.4 Å². The zero-order valence-electron chi connectivity index (χ0n) is 16.6. The van der Waals surface area contributed by atoms with Crippen LogP contribution in [0.1, 0.15) is 12.0 Å². The van der Waals surface area contributed by atoms with Gasteiger partial charge in [0.25, 0.3) is 5.91 Å². The molecule has 2 amide bonds. The van der Waals surface area contributed by atoms with Gasteiger partial charge in [-0.05, 0) is 36.8 Å². The molecule has 2 heterocycles. The molecule has 2 fully saturated rings. The fourth-order valence-electron chi connectivity index (χ4n) is 4.12. The van der Waals surface area contributed by atoms with Crippen molar-refractivity contribution in [1.82, 2.24) is 4.90 Å². The second kappa shape index (κ2) is 8.05. The first-order valence-electron chi connectivity index (χ1n) is 9.74. The number of methoxy groups -OCH3 is 1. The van der Waals surface area contributed by atoms with E-state index in [2.05, 4.69) is 16.7 Å². The minimum atomic E-state index is -0.406. The highest BCUT2D eigenvalue weighted by Crippen LogP contribution is 2.30. The van der Waals surface area contributed by atoms with E-state index in [1.165, 1.54) is 10.5 Å². The highest BCUT2D eigenvalue weighted by atomic mass is 35.5. The molecule has 0 saturated carbocycles. The topological polar surface area (TPSA) is 53.1 Å². The van der Waals surface area contributed by atoms with Gasteiger partial charge < -0.3 is 9.64 Å². The van der Waals surface area contributed by atoms with Crippen LogP contribution in [0.4, 0.5) is 11.4 Å². The summed E-state index contributed by atoms with van der Waals surface area (Å²) in [7, 11) is 1.57. The Kier molecular flexibility index (Phi) is 5.48. The first kappa shape index (κ1) is 19.7. The van der Waals surface area contributed by atoms with Crippen LogP contribution in [0, 0.1) is 6.92 Å². The normalized spacial score (nSPS) is 20.4. The summed E-state index contributed by atoms with van der Waals surface area (Å²) in [6.07, 6.45) is 0.215. The number of aryl methyl sites for hydroxylation is 1. The maximum atomic E-state index is 13.1. The number of amides is 2. The fraction of sp³-hybridized carbons (Fsp3) is 0.364. The van der Waals surface area contributed by atoms with Crippen molar-refractivity contribution >= 4 is 34.8 Å². The zero-order valence-corrected chi connectivity index (χ0v) is 17.4. The SMILES string of the molecule is COc1cccc(N2C(=O)C[C@H](N3CCN(c4cc(Cl)ccc4C)CC3)C2=O)c1. The van der Waals surface area contributed by atoms with Gasteiger partial charge in [0, 0.05) is 43.0 Å².